The summed E-state index contributed by atoms with van der Waals surface area (Å²) in [5.41, 5.74) is 1.90. The zero-order valence-electron chi connectivity index (χ0n) is 16.5. The van der Waals surface area contributed by atoms with Gasteiger partial charge in [0.25, 0.3) is 11.8 Å². The molecular formula is C23H16ClN3O5. The Kier molecular flexibility index (Phi) is 6.14. The van der Waals surface area contributed by atoms with E-state index in [0.29, 0.717) is 16.3 Å². The van der Waals surface area contributed by atoms with Crippen molar-refractivity contribution in [1.29, 1.82) is 0 Å². The molecule has 1 N–H and O–H groups in total. The summed E-state index contributed by atoms with van der Waals surface area (Å²) < 4.78 is 11.6. The van der Waals surface area contributed by atoms with E-state index < -0.39 is 24.4 Å². The van der Waals surface area contributed by atoms with E-state index in [1.165, 1.54) is 24.6 Å². The van der Waals surface area contributed by atoms with Crippen molar-refractivity contribution in [1.82, 2.24) is 15.1 Å². The number of rotatable bonds is 6. The Balaban J connectivity index is 1.53. The predicted molar refractivity (Wildman–Crippen MR) is 115 cm³/mol. The molecule has 4 rings (SSSR count). The van der Waals surface area contributed by atoms with E-state index in [2.05, 4.69) is 10.4 Å². The number of carbonyl (C=O) groups excluding carboxylic acids is 3. The van der Waals surface area contributed by atoms with Gasteiger partial charge >= 0.3 is 5.97 Å². The second-order valence-corrected chi connectivity index (χ2v) is 7.05. The fourth-order valence-electron chi connectivity index (χ4n) is 2.90. The molecule has 2 aromatic carbocycles. The molecule has 4 aromatic rings. The summed E-state index contributed by atoms with van der Waals surface area (Å²) in [6.07, 6.45) is 2.83. The van der Waals surface area contributed by atoms with Crippen LogP contribution in [0.1, 0.15) is 20.9 Å². The Bertz CT molecular complexity index is 1250. The van der Waals surface area contributed by atoms with Crippen LogP contribution < -0.4 is 5.32 Å². The molecule has 0 aliphatic rings. The predicted octanol–water partition coefficient (Wildman–Crippen LogP) is 3.90. The van der Waals surface area contributed by atoms with E-state index >= 15 is 0 Å². The van der Waals surface area contributed by atoms with E-state index in [1.54, 1.807) is 28.9 Å². The molecular weight excluding hydrogens is 434 g/mol. The van der Waals surface area contributed by atoms with Gasteiger partial charge in [0.2, 0.25) is 0 Å². The van der Waals surface area contributed by atoms with Crippen LogP contribution in [0.15, 0.2) is 83.6 Å². The topological polar surface area (TPSA) is 103 Å². The van der Waals surface area contributed by atoms with Crippen molar-refractivity contribution in [3.05, 3.63) is 95.5 Å². The number of ether oxygens (including phenoxy) is 1. The minimum atomic E-state index is -0.789. The first-order valence-electron chi connectivity index (χ1n) is 9.47. The molecule has 32 heavy (non-hydrogen) atoms. The third-order valence-corrected chi connectivity index (χ3v) is 4.66. The number of halogens is 1. The quantitative estimate of drug-likeness (QED) is 0.448. The van der Waals surface area contributed by atoms with Crippen molar-refractivity contribution in [2.75, 3.05) is 6.61 Å². The number of amides is 2. The number of carbonyl (C=O) groups is 3. The van der Waals surface area contributed by atoms with Gasteiger partial charge in [0.15, 0.2) is 12.4 Å². The SMILES string of the molecule is O=C(COC(=O)c1cn(-c2ccccc2)nc1-c1ccc(Cl)cc1)NC(=O)c1ccco1. The maximum Gasteiger partial charge on any atom is 0.342 e. The summed E-state index contributed by atoms with van der Waals surface area (Å²) in [4.78, 5) is 36.7. The number of hydrogen-bond acceptors (Lipinski definition) is 6. The molecule has 2 aromatic heterocycles. The highest BCUT2D eigenvalue weighted by atomic mass is 35.5. The summed E-state index contributed by atoms with van der Waals surface area (Å²) in [6, 6.07) is 19.0. The van der Waals surface area contributed by atoms with Crippen LogP contribution in [0.25, 0.3) is 16.9 Å². The van der Waals surface area contributed by atoms with Gasteiger partial charge in [-0.15, -0.1) is 0 Å². The molecule has 0 fully saturated rings. The molecule has 0 aliphatic heterocycles. The largest absolute Gasteiger partial charge is 0.459 e. The molecule has 0 radical (unpaired) electrons. The number of benzene rings is 2. The van der Waals surface area contributed by atoms with Gasteiger partial charge in [-0.1, -0.05) is 41.9 Å². The highest BCUT2D eigenvalue weighted by Crippen LogP contribution is 2.26. The molecule has 0 saturated heterocycles. The molecule has 8 nitrogen and oxygen atoms in total. The summed E-state index contributed by atoms with van der Waals surface area (Å²) in [5, 5.41) is 7.14. The van der Waals surface area contributed by atoms with E-state index in [4.69, 9.17) is 20.8 Å². The minimum absolute atomic E-state index is 0.0289. The maximum atomic E-state index is 12.8. The highest BCUT2D eigenvalue weighted by molar-refractivity contribution is 6.30. The Morgan fingerprint density at radius 3 is 2.44 bits per heavy atom. The molecule has 0 bridgehead atoms. The lowest BCUT2D eigenvalue weighted by atomic mass is 10.1. The summed E-state index contributed by atoms with van der Waals surface area (Å²) in [5.74, 6) is -2.31. The number of para-hydroxylation sites is 1. The fourth-order valence-corrected chi connectivity index (χ4v) is 3.02. The Morgan fingerprint density at radius 1 is 1.00 bits per heavy atom. The van der Waals surface area contributed by atoms with Crippen molar-refractivity contribution in [3.8, 4) is 16.9 Å². The van der Waals surface area contributed by atoms with Crippen molar-refractivity contribution in [2.24, 2.45) is 0 Å². The second-order valence-electron chi connectivity index (χ2n) is 6.61. The number of hydrogen-bond donors (Lipinski definition) is 1. The molecule has 0 saturated carbocycles. The number of nitrogens with one attached hydrogen (secondary N) is 1. The van der Waals surface area contributed by atoms with Gasteiger partial charge in [-0.05, 0) is 36.4 Å². The number of nitrogens with zero attached hydrogens (tertiary/aromatic N) is 2. The molecule has 2 heterocycles. The van der Waals surface area contributed by atoms with Crippen LogP contribution >= 0.6 is 11.6 Å². The molecule has 9 heteroatoms. The van der Waals surface area contributed by atoms with Gasteiger partial charge in [0.05, 0.1) is 12.0 Å². The molecule has 0 unspecified atom stereocenters. The fraction of sp³-hybridized carbons (Fsp3) is 0.0435. The first-order valence-corrected chi connectivity index (χ1v) is 9.85. The van der Waals surface area contributed by atoms with Crippen molar-refractivity contribution in [2.45, 2.75) is 0 Å². The van der Waals surface area contributed by atoms with Gasteiger partial charge < -0.3 is 9.15 Å². The summed E-state index contributed by atoms with van der Waals surface area (Å²) >= 11 is 5.97. The van der Waals surface area contributed by atoms with Crippen LogP contribution in [0.3, 0.4) is 0 Å². The van der Waals surface area contributed by atoms with Crippen LogP contribution in [-0.4, -0.2) is 34.2 Å². The summed E-state index contributed by atoms with van der Waals surface area (Å²) in [6.45, 7) is -0.651. The average Bonchev–Trinajstić information content (AvgIpc) is 3.49. The van der Waals surface area contributed by atoms with Crippen molar-refractivity contribution < 1.29 is 23.5 Å². The van der Waals surface area contributed by atoms with Gasteiger partial charge in [0, 0.05) is 16.8 Å². The standard InChI is InChI=1S/C23H16ClN3O5/c24-16-10-8-15(9-11-16)21-18(13-27(26-21)17-5-2-1-3-6-17)23(30)32-14-20(28)25-22(29)19-7-4-12-31-19/h1-13H,14H2,(H,25,28,29). The first-order chi connectivity index (χ1) is 15.5. The monoisotopic (exact) mass is 449 g/mol. The van der Waals surface area contributed by atoms with E-state index in [1.807, 2.05) is 30.3 Å². The van der Waals surface area contributed by atoms with Gasteiger partial charge in [-0.2, -0.15) is 5.10 Å². The zero-order chi connectivity index (χ0) is 22.5. The Morgan fingerprint density at radius 2 is 1.75 bits per heavy atom. The van der Waals surface area contributed by atoms with Crippen LogP contribution in [-0.2, 0) is 9.53 Å². The maximum absolute atomic E-state index is 12.8. The zero-order valence-corrected chi connectivity index (χ0v) is 17.3. The van der Waals surface area contributed by atoms with E-state index in [9.17, 15) is 14.4 Å². The molecule has 0 atom stereocenters. The number of furan rings is 1. The van der Waals surface area contributed by atoms with Crippen LogP contribution in [0.5, 0.6) is 0 Å². The second kappa shape index (κ2) is 9.32. The molecule has 2 amide bonds. The number of esters is 1. The van der Waals surface area contributed by atoms with Crippen LogP contribution in [0, 0.1) is 0 Å². The molecule has 160 valence electrons. The van der Waals surface area contributed by atoms with Gasteiger partial charge in [-0.3, -0.25) is 14.9 Å². The van der Waals surface area contributed by atoms with Crippen molar-refractivity contribution >= 4 is 29.4 Å². The molecule has 0 aliphatic carbocycles. The summed E-state index contributed by atoms with van der Waals surface area (Å²) in [7, 11) is 0. The lowest BCUT2D eigenvalue weighted by molar-refractivity contribution is -0.123. The Labute approximate surface area is 187 Å². The average molecular weight is 450 g/mol. The molecule has 0 spiro atoms. The highest BCUT2D eigenvalue weighted by Gasteiger charge is 2.22. The van der Waals surface area contributed by atoms with Crippen molar-refractivity contribution in [3.63, 3.8) is 0 Å². The normalized spacial score (nSPS) is 10.5. The Hall–Kier alpha value is -4.17. The van der Waals surface area contributed by atoms with Gasteiger partial charge in [0.1, 0.15) is 11.3 Å². The van der Waals surface area contributed by atoms with Gasteiger partial charge in [-0.25, -0.2) is 9.48 Å². The lowest BCUT2D eigenvalue weighted by Gasteiger charge is -2.05. The van der Waals surface area contributed by atoms with Crippen LogP contribution in [0.4, 0.5) is 0 Å². The minimum Gasteiger partial charge on any atom is -0.459 e. The smallest absolute Gasteiger partial charge is 0.342 e. The lowest BCUT2D eigenvalue weighted by Crippen LogP contribution is -2.34. The first kappa shape index (κ1) is 21.1. The third-order valence-electron chi connectivity index (χ3n) is 4.40. The van der Waals surface area contributed by atoms with Crippen LogP contribution in [0.2, 0.25) is 5.02 Å². The number of aromatic nitrogens is 2. The van der Waals surface area contributed by atoms with E-state index in [0.717, 1.165) is 5.69 Å². The van der Waals surface area contributed by atoms with E-state index in [-0.39, 0.29) is 11.3 Å². The third kappa shape index (κ3) is 4.76. The number of imide groups is 1.